The predicted octanol–water partition coefficient (Wildman–Crippen LogP) is 4.63. The van der Waals surface area contributed by atoms with Gasteiger partial charge in [-0.2, -0.15) is 18.3 Å². The Morgan fingerprint density at radius 3 is 2.55 bits per heavy atom. The molecule has 10 heteroatoms. The summed E-state index contributed by atoms with van der Waals surface area (Å²) in [6.07, 6.45) is 4.34. The van der Waals surface area contributed by atoms with Crippen LogP contribution in [0.3, 0.4) is 0 Å². The van der Waals surface area contributed by atoms with E-state index in [1.54, 1.807) is 15.5 Å². The van der Waals surface area contributed by atoms with Crippen molar-refractivity contribution in [3.8, 4) is 11.4 Å². The van der Waals surface area contributed by atoms with E-state index >= 15 is 0 Å². The number of halogens is 3. The zero-order chi connectivity index (χ0) is 23.2. The number of rotatable bonds is 3. The molecule has 0 aromatic carbocycles. The monoisotopic (exact) mass is 456 g/mol. The standard InChI is InChI=1S/C23H23F3N6O/c1-15-6-9-31-19(13-28-20(31)10-15)21-16-12-27-17(22(33)30-7-4-2-3-5-8-30)11-18(16)32(29-21)14-23(24,25)26/h6,9-13H,2-5,7-8,14H2,1H3. The Labute approximate surface area is 187 Å². The average molecular weight is 456 g/mol. The average Bonchev–Trinajstić information content (AvgIpc) is 3.20. The highest BCUT2D eigenvalue weighted by Gasteiger charge is 2.31. The Hall–Kier alpha value is -3.43. The summed E-state index contributed by atoms with van der Waals surface area (Å²) in [7, 11) is 0. The van der Waals surface area contributed by atoms with E-state index in [0.717, 1.165) is 35.9 Å². The van der Waals surface area contributed by atoms with Gasteiger partial charge in [-0.1, -0.05) is 12.8 Å². The summed E-state index contributed by atoms with van der Waals surface area (Å²) in [5.74, 6) is -0.259. The maximum Gasteiger partial charge on any atom is 0.408 e. The molecule has 4 aromatic heterocycles. The van der Waals surface area contributed by atoms with E-state index in [1.807, 2.05) is 25.3 Å². The second-order valence-electron chi connectivity index (χ2n) is 8.49. The fourth-order valence-electron chi connectivity index (χ4n) is 4.36. The van der Waals surface area contributed by atoms with Crippen LogP contribution in [0.2, 0.25) is 0 Å². The van der Waals surface area contributed by atoms with E-state index < -0.39 is 12.7 Å². The summed E-state index contributed by atoms with van der Waals surface area (Å²) in [6, 6.07) is 5.20. The molecule has 1 amide bonds. The minimum Gasteiger partial charge on any atom is -0.337 e. The number of amides is 1. The maximum atomic E-state index is 13.3. The number of fused-ring (bicyclic) bond motifs is 2. The van der Waals surface area contributed by atoms with Crippen molar-refractivity contribution in [1.29, 1.82) is 0 Å². The van der Waals surface area contributed by atoms with E-state index in [1.165, 1.54) is 12.3 Å². The van der Waals surface area contributed by atoms with Crippen molar-refractivity contribution in [2.24, 2.45) is 0 Å². The highest BCUT2D eigenvalue weighted by Crippen LogP contribution is 2.31. The molecule has 1 fully saturated rings. The quantitative estimate of drug-likeness (QED) is 0.451. The summed E-state index contributed by atoms with van der Waals surface area (Å²) in [5.41, 5.74) is 2.94. The number of hydrogen-bond donors (Lipinski definition) is 0. The third kappa shape index (κ3) is 4.17. The molecule has 0 spiro atoms. The molecule has 172 valence electrons. The van der Waals surface area contributed by atoms with Crippen LogP contribution in [0.1, 0.15) is 41.7 Å². The highest BCUT2D eigenvalue weighted by atomic mass is 19.4. The molecule has 1 aliphatic rings. The molecule has 0 saturated carbocycles. The number of likely N-dealkylation sites (tertiary alicyclic amines) is 1. The molecular formula is C23H23F3N6O. The number of carbonyl (C=O) groups is 1. The molecule has 5 heterocycles. The molecule has 7 nitrogen and oxygen atoms in total. The Balaban J connectivity index is 1.62. The summed E-state index contributed by atoms with van der Waals surface area (Å²) in [5, 5.41) is 4.73. The predicted molar refractivity (Wildman–Crippen MR) is 117 cm³/mol. The number of hydrogen-bond acceptors (Lipinski definition) is 4. The molecule has 4 aromatic rings. The number of imidazole rings is 1. The lowest BCUT2D eigenvalue weighted by molar-refractivity contribution is -0.141. The van der Waals surface area contributed by atoms with Crippen LogP contribution >= 0.6 is 0 Å². The Morgan fingerprint density at radius 1 is 1.06 bits per heavy atom. The molecule has 1 aliphatic heterocycles. The zero-order valence-corrected chi connectivity index (χ0v) is 18.1. The summed E-state index contributed by atoms with van der Waals surface area (Å²) < 4.78 is 42.7. The number of alkyl halides is 3. The lowest BCUT2D eigenvalue weighted by Gasteiger charge is -2.19. The van der Waals surface area contributed by atoms with Crippen LogP contribution in [0.25, 0.3) is 27.9 Å². The molecule has 0 aliphatic carbocycles. The van der Waals surface area contributed by atoms with Gasteiger partial charge in [0.2, 0.25) is 0 Å². The lowest BCUT2D eigenvalue weighted by atomic mass is 10.2. The first-order chi connectivity index (χ1) is 15.8. The van der Waals surface area contributed by atoms with Crippen LogP contribution in [0.4, 0.5) is 13.2 Å². The molecular weight excluding hydrogens is 433 g/mol. The first-order valence-corrected chi connectivity index (χ1v) is 11.0. The molecule has 1 saturated heterocycles. The van der Waals surface area contributed by atoms with Gasteiger partial charge in [0.05, 0.1) is 17.4 Å². The van der Waals surface area contributed by atoms with Crippen molar-refractivity contribution in [3.63, 3.8) is 0 Å². The van der Waals surface area contributed by atoms with E-state index in [-0.39, 0.29) is 17.1 Å². The molecule has 0 bridgehead atoms. The van der Waals surface area contributed by atoms with Crippen molar-refractivity contribution >= 4 is 22.5 Å². The van der Waals surface area contributed by atoms with E-state index in [4.69, 9.17) is 0 Å². The van der Waals surface area contributed by atoms with Crippen LogP contribution in [0.15, 0.2) is 36.8 Å². The third-order valence-electron chi connectivity index (χ3n) is 5.99. The van der Waals surface area contributed by atoms with Gasteiger partial charge in [-0.05, 0) is 43.5 Å². The molecule has 33 heavy (non-hydrogen) atoms. The molecule has 0 radical (unpaired) electrons. The van der Waals surface area contributed by atoms with Gasteiger partial charge in [0.15, 0.2) is 0 Å². The summed E-state index contributed by atoms with van der Waals surface area (Å²) in [4.78, 5) is 23.5. The van der Waals surface area contributed by atoms with Crippen molar-refractivity contribution in [3.05, 3.63) is 48.0 Å². The van der Waals surface area contributed by atoms with Gasteiger partial charge in [-0.15, -0.1) is 0 Å². The topological polar surface area (TPSA) is 68.3 Å². The molecule has 0 N–H and O–H groups in total. The molecule has 5 rings (SSSR count). The number of carbonyl (C=O) groups excluding carboxylic acids is 1. The highest BCUT2D eigenvalue weighted by molar-refractivity contribution is 5.99. The minimum atomic E-state index is -4.47. The van der Waals surface area contributed by atoms with E-state index in [2.05, 4.69) is 15.1 Å². The van der Waals surface area contributed by atoms with Gasteiger partial charge in [0, 0.05) is 30.9 Å². The van der Waals surface area contributed by atoms with Crippen molar-refractivity contribution in [2.45, 2.75) is 45.3 Å². The van der Waals surface area contributed by atoms with Gasteiger partial charge in [-0.25, -0.2) is 4.98 Å². The largest absolute Gasteiger partial charge is 0.408 e. The number of aromatic nitrogens is 5. The Bertz CT molecular complexity index is 1330. The first-order valence-electron chi connectivity index (χ1n) is 11.0. The number of aryl methyl sites for hydroxylation is 1. The van der Waals surface area contributed by atoms with Crippen LogP contribution < -0.4 is 0 Å². The number of pyridine rings is 2. The van der Waals surface area contributed by atoms with Crippen LogP contribution in [-0.4, -0.2) is 54.2 Å². The van der Waals surface area contributed by atoms with Crippen LogP contribution in [0.5, 0.6) is 0 Å². The Morgan fingerprint density at radius 2 is 1.82 bits per heavy atom. The van der Waals surface area contributed by atoms with E-state index in [0.29, 0.717) is 35.5 Å². The smallest absolute Gasteiger partial charge is 0.337 e. The third-order valence-corrected chi connectivity index (χ3v) is 5.99. The van der Waals surface area contributed by atoms with Crippen molar-refractivity contribution in [2.75, 3.05) is 13.1 Å². The second kappa shape index (κ2) is 8.17. The molecule has 0 unspecified atom stereocenters. The van der Waals surface area contributed by atoms with Crippen LogP contribution in [-0.2, 0) is 6.54 Å². The van der Waals surface area contributed by atoms with Crippen LogP contribution in [0, 0.1) is 6.92 Å². The second-order valence-corrected chi connectivity index (χ2v) is 8.49. The minimum absolute atomic E-state index is 0.132. The zero-order valence-electron chi connectivity index (χ0n) is 18.1. The Kier molecular flexibility index (Phi) is 5.30. The van der Waals surface area contributed by atoms with Gasteiger partial charge < -0.3 is 4.90 Å². The fourth-order valence-corrected chi connectivity index (χ4v) is 4.36. The van der Waals surface area contributed by atoms with E-state index in [9.17, 15) is 18.0 Å². The normalized spacial score (nSPS) is 15.3. The number of nitrogens with zero attached hydrogens (tertiary/aromatic N) is 6. The van der Waals surface area contributed by atoms with Gasteiger partial charge >= 0.3 is 6.18 Å². The van der Waals surface area contributed by atoms with Gasteiger partial charge in [0.1, 0.15) is 23.6 Å². The lowest BCUT2D eigenvalue weighted by Crippen LogP contribution is -2.32. The van der Waals surface area contributed by atoms with Gasteiger partial charge in [0.25, 0.3) is 5.91 Å². The summed E-state index contributed by atoms with van der Waals surface area (Å²) >= 11 is 0. The fraction of sp³-hybridized carbons (Fsp3) is 0.391. The first kappa shape index (κ1) is 21.4. The van der Waals surface area contributed by atoms with Crippen molar-refractivity contribution < 1.29 is 18.0 Å². The van der Waals surface area contributed by atoms with Crippen molar-refractivity contribution in [1.82, 2.24) is 29.0 Å². The molecule has 0 atom stereocenters. The SMILES string of the molecule is Cc1ccn2c(-c3nn(CC(F)(F)F)c4cc(C(=O)N5CCCCCC5)ncc34)cnc2c1. The van der Waals surface area contributed by atoms with Gasteiger partial charge in [-0.3, -0.25) is 18.9 Å². The maximum absolute atomic E-state index is 13.3. The summed E-state index contributed by atoms with van der Waals surface area (Å²) in [6.45, 7) is 1.94.